The van der Waals surface area contributed by atoms with Crippen LogP contribution in [-0.2, 0) is 10.0 Å². The Morgan fingerprint density at radius 2 is 2.00 bits per heavy atom. The minimum atomic E-state index is -3.50. The fraction of sp³-hybridized carbons (Fsp3) is 0.667. The van der Waals surface area contributed by atoms with E-state index in [1.165, 1.54) is 4.31 Å². The summed E-state index contributed by atoms with van der Waals surface area (Å²) in [5.41, 5.74) is 0.421. The summed E-state index contributed by atoms with van der Waals surface area (Å²) in [5, 5.41) is 0. The SMILES string of the molecule is CCCN(CC)S(=O)(=O)c1sc(=O)[nH]c1C. The van der Waals surface area contributed by atoms with Gasteiger partial charge in [-0.3, -0.25) is 4.79 Å². The van der Waals surface area contributed by atoms with Crippen LogP contribution in [0.5, 0.6) is 0 Å². The summed E-state index contributed by atoms with van der Waals surface area (Å²) in [6, 6.07) is 0. The molecule has 0 aromatic carbocycles. The maximum absolute atomic E-state index is 12.2. The largest absolute Gasteiger partial charge is 0.315 e. The van der Waals surface area contributed by atoms with Crippen LogP contribution >= 0.6 is 11.3 Å². The van der Waals surface area contributed by atoms with Crippen LogP contribution in [0.15, 0.2) is 9.00 Å². The van der Waals surface area contributed by atoms with Gasteiger partial charge in [0, 0.05) is 18.8 Å². The maximum Gasteiger partial charge on any atom is 0.305 e. The van der Waals surface area contributed by atoms with Gasteiger partial charge in [0.25, 0.3) is 10.0 Å². The zero-order valence-corrected chi connectivity index (χ0v) is 11.2. The van der Waals surface area contributed by atoms with Crippen molar-refractivity contribution in [2.75, 3.05) is 13.1 Å². The zero-order valence-electron chi connectivity index (χ0n) is 9.61. The van der Waals surface area contributed by atoms with Crippen LogP contribution in [0.1, 0.15) is 26.0 Å². The second-order valence-corrected chi connectivity index (χ2v) is 6.54. The lowest BCUT2D eigenvalue weighted by Crippen LogP contribution is -2.31. The smallest absolute Gasteiger partial charge is 0.305 e. The Balaban J connectivity index is 3.19. The van der Waals surface area contributed by atoms with E-state index >= 15 is 0 Å². The molecule has 1 N–H and O–H groups in total. The number of aryl methyl sites for hydroxylation is 1. The second kappa shape index (κ2) is 5.11. The molecule has 0 aliphatic rings. The molecular weight excluding hydrogens is 248 g/mol. The van der Waals surface area contributed by atoms with Crippen LogP contribution in [0.2, 0.25) is 0 Å². The van der Waals surface area contributed by atoms with Gasteiger partial charge in [0.1, 0.15) is 0 Å². The van der Waals surface area contributed by atoms with Gasteiger partial charge in [0.15, 0.2) is 4.21 Å². The number of hydrogen-bond acceptors (Lipinski definition) is 4. The highest BCUT2D eigenvalue weighted by atomic mass is 32.2. The highest BCUT2D eigenvalue weighted by Gasteiger charge is 2.26. The van der Waals surface area contributed by atoms with E-state index in [0.717, 1.165) is 17.8 Å². The van der Waals surface area contributed by atoms with Crippen LogP contribution in [0, 0.1) is 6.92 Å². The van der Waals surface area contributed by atoms with Gasteiger partial charge >= 0.3 is 4.87 Å². The lowest BCUT2D eigenvalue weighted by molar-refractivity contribution is 0.428. The minimum Gasteiger partial charge on any atom is -0.315 e. The average molecular weight is 264 g/mol. The third-order valence-corrected chi connectivity index (χ3v) is 5.74. The molecule has 0 saturated carbocycles. The Bertz CT molecular complexity index is 501. The molecule has 0 bridgehead atoms. The molecule has 0 radical (unpaired) electrons. The Labute approximate surface area is 99.2 Å². The van der Waals surface area contributed by atoms with Gasteiger partial charge in [-0.05, 0) is 13.3 Å². The first-order chi connectivity index (χ1) is 7.43. The molecule has 92 valence electrons. The van der Waals surface area contributed by atoms with Gasteiger partial charge in [-0.15, -0.1) is 0 Å². The Morgan fingerprint density at radius 3 is 2.38 bits per heavy atom. The fourth-order valence-corrected chi connectivity index (χ4v) is 4.43. The van der Waals surface area contributed by atoms with Crippen molar-refractivity contribution in [2.45, 2.75) is 31.4 Å². The standard InChI is InChI=1S/C9H16N2O3S2/c1-4-6-11(5-2)16(13,14)8-7(3)10-9(12)15-8/h4-6H2,1-3H3,(H,10,12). The molecule has 0 aliphatic heterocycles. The van der Waals surface area contributed by atoms with E-state index in [-0.39, 0.29) is 9.08 Å². The number of rotatable bonds is 5. The molecule has 0 amide bonds. The van der Waals surface area contributed by atoms with E-state index in [0.29, 0.717) is 18.8 Å². The molecule has 0 atom stereocenters. The van der Waals surface area contributed by atoms with E-state index in [9.17, 15) is 13.2 Å². The number of hydrogen-bond donors (Lipinski definition) is 1. The number of aromatic nitrogens is 1. The molecule has 0 unspecified atom stereocenters. The van der Waals surface area contributed by atoms with Crippen LogP contribution in [0.3, 0.4) is 0 Å². The predicted octanol–water partition coefficient (Wildman–Crippen LogP) is 1.17. The molecule has 1 heterocycles. The van der Waals surface area contributed by atoms with Crippen molar-refractivity contribution in [1.29, 1.82) is 0 Å². The summed E-state index contributed by atoms with van der Waals surface area (Å²) in [6.07, 6.45) is 0.755. The average Bonchev–Trinajstić information content (AvgIpc) is 2.54. The highest BCUT2D eigenvalue weighted by Crippen LogP contribution is 2.20. The monoisotopic (exact) mass is 264 g/mol. The summed E-state index contributed by atoms with van der Waals surface area (Å²) < 4.78 is 25.9. The molecule has 0 saturated heterocycles. The van der Waals surface area contributed by atoms with E-state index in [4.69, 9.17) is 0 Å². The molecular formula is C9H16N2O3S2. The van der Waals surface area contributed by atoms with Crippen LogP contribution in [0.4, 0.5) is 0 Å². The van der Waals surface area contributed by atoms with Crippen molar-refractivity contribution in [1.82, 2.24) is 9.29 Å². The van der Waals surface area contributed by atoms with Crippen LogP contribution in [0.25, 0.3) is 0 Å². The summed E-state index contributed by atoms with van der Waals surface area (Å²) >= 11 is 0.750. The first-order valence-corrected chi connectivity index (χ1v) is 7.39. The van der Waals surface area contributed by atoms with Gasteiger partial charge in [-0.1, -0.05) is 25.2 Å². The lowest BCUT2D eigenvalue weighted by Gasteiger charge is -2.18. The first kappa shape index (κ1) is 13.4. The van der Waals surface area contributed by atoms with Crippen molar-refractivity contribution >= 4 is 21.4 Å². The fourth-order valence-electron chi connectivity index (χ4n) is 1.45. The van der Waals surface area contributed by atoms with E-state index < -0.39 is 10.0 Å². The Kier molecular flexibility index (Phi) is 4.28. The van der Waals surface area contributed by atoms with Gasteiger partial charge in [0.2, 0.25) is 0 Å². The summed E-state index contributed by atoms with van der Waals surface area (Å²) in [6.45, 7) is 6.21. The number of aromatic amines is 1. The van der Waals surface area contributed by atoms with Crippen molar-refractivity contribution in [3.63, 3.8) is 0 Å². The third kappa shape index (κ3) is 2.53. The Hall–Kier alpha value is -0.660. The molecule has 0 aliphatic carbocycles. The summed E-state index contributed by atoms with van der Waals surface area (Å²) in [5.74, 6) is 0. The molecule has 16 heavy (non-hydrogen) atoms. The number of H-pyrrole nitrogens is 1. The van der Waals surface area contributed by atoms with Crippen molar-refractivity contribution in [2.24, 2.45) is 0 Å². The summed E-state index contributed by atoms with van der Waals surface area (Å²) in [4.78, 5) is 13.3. The van der Waals surface area contributed by atoms with Crippen LogP contribution in [-0.4, -0.2) is 30.8 Å². The second-order valence-electron chi connectivity index (χ2n) is 3.42. The zero-order chi connectivity index (χ0) is 12.3. The molecule has 0 spiro atoms. The van der Waals surface area contributed by atoms with Crippen molar-refractivity contribution in [3.05, 3.63) is 15.4 Å². The normalized spacial score (nSPS) is 12.2. The lowest BCUT2D eigenvalue weighted by atomic mass is 10.5. The molecule has 7 heteroatoms. The van der Waals surface area contributed by atoms with Gasteiger partial charge in [0.05, 0.1) is 0 Å². The number of sulfonamides is 1. The van der Waals surface area contributed by atoms with E-state index in [2.05, 4.69) is 4.98 Å². The third-order valence-electron chi connectivity index (χ3n) is 2.18. The highest BCUT2D eigenvalue weighted by molar-refractivity contribution is 7.91. The topological polar surface area (TPSA) is 70.2 Å². The minimum absolute atomic E-state index is 0.132. The molecule has 1 rings (SSSR count). The van der Waals surface area contributed by atoms with Crippen molar-refractivity contribution < 1.29 is 8.42 Å². The van der Waals surface area contributed by atoms with E-state index in [1.54, 1.807) is 13.8 Å². The van der Waals surface area contributed by atoms with Crippen molar-refractivity contribution in [3.8, 4) is 0 Å². The maximum atomic E-state index is 12.2. The predicted molar refractivity (Wildman–Crippen MR) is 64.4 cm³/mol. The molecule has 5 nitrogen and oxygen atoms in total. The summed E-state index contributed by atoms with van der Waals surface area (Å²) in [7, 11) is -3.50. The first-order valence-electron chi connectivity index (χ1n) is 5.13. The van der Waals surface area contributed by atoms with Crippen LogP contribution < -0.4 is 4.87 Å². The van der Waals surface area contributed by atoms with E-state index in [1.807, 2.05) is 6.92 Å². The number of nitrogens with one attached hydrogen (secondary N) is 1. The quantitative estimate of drug-likeness (QED) is 0.867. The number of thiazole rings is 1. The Morgan fingerprint density at radius 1 is 1.38 bits per heavy atom. The molecule has 1 aromatic heterocycles. The van der Waals surface area contributed by atoms with Gasteiger partial charge < -0.3 is 4.98 Å². The number of nitrogens with zero attached hydrogens (tertiary/aromatic N) is 1. The van der Waals surface area contributed by atoms with Gasteiger partial charge in [-0.25, -0.2) is 8.42 Å². The molecule has 1 aromatic rings. The van der Waals surface area contributed by atoms with Gasteiger partial charge in [-0.2, -0.15) is 4.31 Å². The molecule has 0 fully saturated rings.